The molecule has 0 heterocycles. The molecule has 1 rings (SSSR count). The molecule has 0 radical (unpaired) electrons. The summed E-state index contributed by atoms with van der Waals surface area (Å²) >= 11 is 0. The topological polar surface area (TPSA) is 23.8 Å². The van der Waals surface area contributed by atoms with E-state index in [1.165, 1.54) is 12.0 Å². The van der Waals surface area contributed by atoms with Gasteiger partial charge in [0.05, 0.1) is 11.6 Å². The second-order valence-electron chi connectivity index (χ2n) is 2.87. The third-order valence-electron chi connectivity index (χ3n) is 1.49. The Kier molecular flexibility index (Phi) is 6.63. The molecule has 1 aromatic rings. The lowest BCUT2D eigenvalue weighted by Gasteiger charge is -1.92. The van der Waals surface area contributed by atoms with Crippen LogP contribution in [0.1, 0.15) is 38.3 Å². The number of benzene rings is 1. The second-order valence-corrected chi connectivity index (χ2v) is 2.87. The number of hydrogen-bond donors (Lipinski definition) is 0. The quantitative estimate of drug-likeness (QED) is 0.640. The highest BCUT2D eigenvalue weighted by Gasteiger charge is 1.88. The average molecular weight is 175 g/mol. The first kappa shape index (κ1) is 11.7. The smallest absolute Gasteiger partial charge is 0.0991 e. The van der Waals surface area contributed by atoms with E-state index in [1.54, 1.807) is 0 Å². The Hall–Kier alpha value is -1.29. The van der Waals surface area contributed by atoms with Crippen molar-refractivity contribution in [1.82, 2.24) is 0 Å². The number of nitrogens with zero attached hydrogens (tertiary/aromatic N) is 1. The van der Waals surface area contributed by atoms with Crippen molar-refractivity contribution >= 4 is 0 Å². The summed E-state index contributed by atoms with van der Waals surface area (Å²) < 4.78 is 0. The molecule has 0 fully saturated rings. The van der Waals surface area contributed by atoms with Crippen molar-refractivity contribution in [3.8, 4) is 6.07 Å². The van der Waals surface area contributed by atoms with Gasteiger partial charge in [-0.1, -0.05) is 39.3 Å². The third kappa shape index (κ3) is 5.03. The summed E-state index contributed by atoms with van der Waals surface area (Å²) in [4.78, 5) is 0. The molecule has 0 unspecified atom stereocenters. The normalized spacial score (nSPS) is 8.15. The van der Waals surface area contributed by atoms with E-state index >= 15 is 0 Å². The molecular weight excluding hydrogens is 158 g/mol. The number of aryl methyl sites for hydroxylation is 1. The molecule has 0 spiro atoms. The Morgan fingerprint density at radius 1 is 1.08 bits per heavy atom. The molecule has 1 nitrogen and oxygen atoms in total. The first-order valence-electron chi connectivity index (χ1n) is 4.77. The average Bonchev–Trinajstić information content (AvgIpc) is 2.19. The number of hydrogen-bond acceptors (Lipinski definition) is 1. The second kappa shape index (κ2) is 7.36. The van der Waals surface area contributed by atoms with Crippen molar-refractivity contribution in [2.45, 2.75) is 33.6 Å². The molecule has 0 saturated carbocycles. The van der Waals surface area contributed by atoms with Gasteiger partial charge in [0.15, 0.2) is 0 Å². The Morgan fingerprint density at radius 3 is 1.85 bits per heavy atom. The molecule has 0 aliphatic carbocycles. The molecule has 13 heavy (non-hydrogen) atoms. The van der Waals surface area contributed by atoms with Gasteiger partial charge < -0.3 is 0 Å². The van der Waals surface area contributed by atoms with Gasteiger partial charge in [0.1, 0.15) is 0 Å². The van der Waals surface area contributed by atoms with Gasteiger partial charge in [-0.3, -0.25) is 0 Å². The Balaban J connectivity index is 0.000000424. The standard InChI is InChI=1S/C9H9N.C3H8/c1-2-8-3-5-9(7-10)6-4-8;1-3-2/h3-6H,2H2,1H3;3H2,1-2H3. The van der Waals surface area contributed by atoms with Crippen LogP contribution in [0.3, 0.4) is 0 Å². The molecule has 0 atom stereocenters. The highest BCUT2D eigenvalue weighted by Crippen LogP contribution is 2.02. The molecule has 0 amide bonds. The summed E-state index contributed by atoms with van der Waals surface area (Å²) in [5, 5.41) is 8.45. The van der Waals surface area contributed by atoms with Gasteiger partial charge in [0.25, 0.3) is 0 Å². The van der Waals surface area contributed by atoms with E-state index in [4.69, 9.17) is 5.26 Å². The van der Waals surface area contributed by atoms with Gasteiger partial charge in [0, 0.05) is 0 Å². The Bertz CT molecular complexity index is 253. The van der Waals surface area contributed by atoms with E-state index in [0.717, 1.165) is 12.0 Å². The van der Waals surface area contributed by atoms with E-state index in [9.17, 15) is 0 Å². The van der Waals surface area contributed by atoms with Crippen LogP contribution in [-0.4, -0.2) is 0 Å². The molecule has 0 N–H and O–H groups in total. The van der Waals surface area contributed by atoms with Crippen molar-refractivity contribution < 1.29 is 0 Å². The highest BCUT2D eigenvalue weighted by molar-refractivity contribution is 5.31. The van der Waals surface area contributed by atoms with Crippen LogP contribution in [0.25, 0.3) is 0 Å². The van der Waals surface area contributed by atoms with Crippen LogP contribution in [-0.2, 0) is 6.42 Å². The fourth-order valence-electron chi connectivity index (χ4n) is 0.815. The fraction of sp³-hybridized carbons (Fsp3) is 0.417. The van der Waals surface area contributed by atoms with E-state index in [-0.39, 0.29) is 0 Å². The molecule has 0 bridgehead atoms. The summed E-state index contributed by atoms with van der Waals surface area (Å²) in [5.74, 6) is 0. The SMILES string of the molecule is CCC.CCc1ccc(C#N)cc1. The van der Waals surface area contributed by atoms with E-state index < -0.39 is 0 Å². The van der Waals surface area contributed by atoms with Crippen LogP contribution in [0.15, 0.2) is 24.3 Å². The largest absolute Gasteiger partial charge is 0.192 e. The summed E-state index contributed by atoms with van der Waals surface area (Å²) in [6, 6.07) is 9.74. The van der Waals surface area contributed by atoms with Crippen molar-refractivity contribution in [2.24, 2.45) is 0 Å². The van der Waals surface area contributed by atoms with Gasteiger partial charge in [-0.25, -0.2) is 0 Å². The third-order valence-corrected chi connectivity index (χ3v) is 1.49. The van der Waals surface area contributed by atoms with Crippen LogP contribution in [0.5, 0.6) is 0 Å². The van der Waals surface area contributed by atoms with Gasteiger partial charge in [-0.2, -0.15) is 5.26 Å². The maximum Gasteiger partial charge on any atom is 0.0991 e. The van der Waals surface area contributed by atoms with E-state index in [2.05, 4.69) is 26.8 Å². The van der Waals surface area contributed by atoms with Gasteiger partial charge >= 0.3 is 0 Å². The molecule has 1 heteroatoms. The van der Waals surface area contributed by atoms with Crippen LogP contribution in [0.4, 0.5) is 0 Å². The summed E-state index contributed by atoms with van der Waals surface area (Å²) in [7, 11) is 0. The lowest BCUT2D eigenvalue weighted by molar-refractivity contribution is 1.09. The van der Waals surface area contributed by atoms with E-state index in [0.29, 0.717) is 0 Å². The maximum atomic E-state index is 8.45. The van der Waals surface area contributed by atoms with Crippen LogP contribution in [0.2, 0.25) is 0 Å². The summed E-state index contributed by atoms with van der Waals surface area (Å²) in [5.41, 5.74) is 2.01. The number of nitriles is 1. The summed E-state index contributed by atoms with van der Waals surface area (Å²) in [6.45, 7) is 6.35. The molecule has 0 aliphatic rings. The first-order chi connectivity index (χ1) is 6.28. The minimum Gasteiger partial charge on any atom is -0.192 e. The zero-order valence-electron chi connectivity index (χ0n) is 8.67. The van der Waals surface area contributed by atoms with Gasteiger partial charge in [-0.15, -0.1) is 0 Å². The molecule has 0 saturated heterocycles. The van der Waals surface area contributed by atoms with Crippen molar-refractivity contribution in [1.29, 1.82) is 5.26 Å². The predicted octanol–water partition coefficient (Wildman–Crippen LogP) is 3.54. The molecule has 1 aromatic carbocycles. The van der Waals surface area contributed by atoms with Crippen molar-refractivity contribution in [3.05, 3.63) is 35.4 Å². The minimum absolute atomic E-state index is 0.734. The van der Waals surface area contributed by atoms with Gasteiger partial charge in [-0.05, 0) is 24.1 Å². The maximum absolute atomic E-state index is 8.45. The zero-order valence-corrected chi connectivity index (χ0v) is 8.67. The predicted molar refractivity (Wildman–Crippen MR) is 56.5 cm³/mol. The Morgan fingerprint density at radius 2 is 1.54 bits per heavy atom. The van der Waals surface area contributed by atoms with Crippen molar-refractivity contribution in [2.75, 3.05) is 0 Å². The van der Waals surface area contributed by atoms with E-state index in [1.807, 2.05) is 24.3 Å². The molecule has 0 aromatic heterocycles. The van der Waals surface area contributed by atoms with Crippen LogP contribution in [0, 0.1) is 11.3 Å². The minimum atomic E-state index is 0.734. The molecule has 70 valence electrons. The molecular formula is C12H17N. The lowest BCUT2D eigenvalue weighted by atomic mass is 10.1. The Labute approximate surface area is 81.0 Å². The molecule has 0 aliphatic heterocycles. The number of rotatable bonds is 1. The summed E-state index contributed by atoms with van der Waals surface area (Å²) in [6.07, 6.45) is 2.28. The fourth-order valence-corrected chi connectivity index (χ4v) is 0.815. The zero-order chi connectivity index (χ0) is 10.1. The van der Waals surface area contributed by atoms with Crippen molar-refractivity contribution in [3.63, 3.8) is 0 Å². The highest BCUT2D eigenvalue weighted by atomic mass is 14.2. The lowest BCUT2D eigenvalue weighted by Crippen LogP contribution is -1.78. The monoisotopic (exact) mass is 175 g/mol. The first-order valence-corrected chi connectivity index (χ1v) is 4.77. The van der Waals surface area contributed by atoms with Crippen LogP contribution < -0.4 is 0 Å². The van der Waals surface area contributed by atoms with Gasteiger partial charge in [0.2, 0.25) is 0 Å². The van der Waals surface area contributed by atoms with Crippen LogP contribution >= 0.6 is 0 Å².